The number of rotatable bonds is 7. The summed E-state index contributed by atoms with van der Waals surface area (Å²) in [5.74, 6) is -0.152. The van der Waals surface area contributed by atoms with Gasteiger partial charge in [-0.25, -0.2) is 0 Å². The molecule has 0 aromatic carbocycles. The largest absolute Gasteiger partial charge is 0.356 e. The highest BCUT2D eigenvalue weighted by Crippen LogP contribution is 2.02. The fourth-order valence-corrected chi connectivity index (χ4v) is 1.24. The molecule has 0 aliphatic heterocycles. The summed E-state index contributed by atoms with van der Waals surface area (Å²) in [4.78, 5) is 22.8. The molecule has 0 aliphatic carbocycles. The van der Waals surface area contributed by atoms with E-state index in [0.717, 1.165) is 6.42 Å². The maximum atomic E-state index is 11.4. The Morgan fingerprint density at radius 1 is 1.29 bits per heavy atom. The lowest BCUT2D eigenvalue weighted by Gasteiger charge is -2.17. The van der Waals surface area contributed by atoms with Crippen LogP contribution in [0.3, 0.4) is 0 Å². The summed E-state index contributed by atoms with van der Waals surface area (Å²) in [6.45, 7) is 7.91. The van der Waals surface area contributed by atoms with E-state index in [2.05, 4.69) is 10.6 Å². The van der Waals surface area contributed by atoms with E-state index < -0.39 is 5.54 Å². The molecule has 1 atom stereocenters. The lowest BCUT2D eigenvalue weighted by molar-refractivity contribution is -0.123. The smallest absolute Gasteiger partial charge is 0.221 e. The quantitative estimate of drug-likeness (QED) is 0.610. The summed E-state index contributed by atoms with van der Waals surface area (Å²) in [6.07, 6.45) is 1.47. The number of carbonyl (C=O) groups is 2. The minimum absolute atomic E-state index is 0.0355. The van der Waals surface area contributed by atoms with Crippen LogP contribution in [0.4, 0.5) is 0 Å². The molecular formula is C12H25N3O2. The van der Waals surface area contributed by atoms with Crippen LogP contribution in [0.15, 0.2) is 0 Å². The zero-order valence-corrected chi connectivity index (χ0v) is 11.3. The second-order valence-corrected chi connectivity index (χ2v) is 5.14. The Kier molecular flexibility index (Phi) is 6.80. The van der Waals surface area contributed by atoms with Crippen molar-refractivity contribution in [3.8, 4) is 0 Å². The zero-order valence-electron chi connectivity index (χ0n) is 11.3. The highest BCUT2D eigenvalue weighted by Gasteiger charge is 2.16. The molecule has 0 aliphatic rings. The van der Waals surface area contributed by atoms with Crippen molar-refractivity contribution in [1.82, 2.24) is 10.6 Å². The fraction of sp³-hybridized carbons (Fsp3) is 0.833. The van der Waals surface area contributed by atoms with Gasteiger partial charge in [-0.05, 0) is 27.2 Å². The Bertz CT molecular complexity index is 259. The summed E-state index contributed by atoms with van der Waals surface area (Å²) >= 11 is 0. The van der Waals surface area contributed by atoms with Crippen LogP contribution in [0, 0.1) is 0 Å². The monoisotopic (exact) mass is 243 g/mol. The molecule has 0 bridgehead atoms. The second-order valence-electron chi connectivity index (χ2n) is 5.14. The highest BCUT2D eigenvalue weighted by molar-refractivity contribution is 5.79. The molecule has 0 heterocycles. The lowest BCUT2D eigenvalue weighted by atomic mass is 10.0. The first-order valence-corrected chi connectivity index (χ1v) is 6.09. The average molecular weight is 243 g/mol. The van der Waals surface area contributed by atoms with Gasteiger partial charge in [0.05, 0.1) is 0 Å². The van der Waals surface area contributed by atoms with Gasteiger partial charge in [0, 0.05) is 31.0 Å². The molecule has 0 aromatic rings. The van der Waals surface area contributed by atoms with E-state index in [9.17, 15) is 9.59 Å². The molecule has 0 rings (SSSR count). The first kappa shape index (κ1) is 15.9. The Morgan fingerprint density at radius 2 is 1.88 bits per heavy atom. The summed E-state index contributed by atoms with van der Waals surface area (Å²) < 4.78 is 0. The molecule has 0 fully saturated rings. The summed E-state index contributed by atoms with van der Waals surface area (Å²) in [5.41, 5.74) is 5.20. The number of hydrogen-bond donors (Lipinski definition) is 3. The molecule has 0 saturated carbocycles. The van der Waals surface area contributed by atoms with Crippen LogP contribution in [-0.4, -0.2) is 29.9 Å². The van der Waals surface area contributed by atoms with Gasteiger partial charge < -0.3 is 16.4 Å². The van der Waals surface area contributed by atoms with Crippen LogP contribution in [0.1, 0.15) is 47.0 Å². The van der Waals surface area contributed by atoms with Gasteiger partial charge in [-0.3, -0.25) is 9.59 Å². The Morgan fingerprint density at radius 3 is 2.35 bits per heavy atom. The van der Waals surface area contributed by atoms with Gasteiger partial charge in [-0.1, -0.05) is 6.92 Å². The Labute approximate surface area is 104 Å². The van der Waals surface area contributed by atoms with Crippen LogP contribution >= 0.6 is 0 Å². The van der Waals surface area contributed by atoms with Gasteiger partial charge >= 0.3 is 0 Å². The molecule has 17 heavy (non-hydrogen) atoms. The number of nitrogens with two attached hydrogens (primary N) is 1. The first-order chi connectivity index (χ1) is 7.74. The molecule has 4 N–H and O–H groups in total. The third-order valence-corrected chi connectivity index (χ3v) is 2.31. The van der Waals surface area contributed by atoms with Crippen molar-refractivity contribution in [2.45, 2.75) is 58.5 Å². The molecule has 5 heteroatoms. The summed E-state index contributed by atoms with van der Waals surface area (Å²) in [5, 5.41) is 5.52. The Hall–Kier alpha value is -1.10. The zero-order chi connectivity index (χ0) is 13.5. The van der Waals surface area contributed by atoms with Crippen LogP contribution in [0.5, 0.6) is 0 Å². The number of amides is 2. The minimum Gasteiger partial charge on any atom is -0.356 e. The van der Waals surface area contributed by atoms with Crippen molar-refractivity contribution in [2.75, 3.05) is 6.54 Å². The van der Waals surface area contributed by atoms with E-state index in [1.165, 1.54) is 0 Å². The Balaban J connectivity index is 3.70. The van der Waals surface area contributed by atoms with E-state index >= 15 is 0 Å². The predicted molar refractivity (Wildman–Crippen MR) is 68.4 cm³/mol. The lowest BCUT2D eigenvalue weighted by Crippen LogP contribution is -2.40. The predicted octanol–water partition coefficient (Wildman–Crippen LogP) is 0.535. The molecule has 2 amide bonds. The number of carbonyl (C=O) groups excluding carboxylic acids is 2. The van der Waals surface area contributed by atoms with Gasteiger partial charge in [0.2, 0.25) is 11.8 Å². The van der Waals surface area contributed by atoms with Crippen molar-refractivity contribution in [1.29, 1.82) is 0 Å². The van der Waals surface area contributed by atoms with Crippen molar-refractivity contribution < 1.29 is 9.59 Å². The normalized spacial score (nSPS) is 13.0. The number of hydrogen-bond acceptors (Lipinski definition) is 3. The SMILES string of the molecule is CCC(C)NC(=O)CCNC(=O)CC(C)(C)N. The van der Waals surface area contributed by atoms with Gasteiger partial charge in [0.1, 0.15) is 0 Å². The molecule has 0 aromatic heterocycles. The van der Waals surface area contributed by atoms with Crippen molar-refractivity contribution in [3.63, 3.8) is 0 Å². The molecular weight excluding hydrogens is 218 g/mol. The first-order valence-electron chi connectivity index (χ1n) is 6.09. The highest BCUT2D eigenvalue weighted by atomic mass is 16.2. The topological polar surface area (TPSA) is 84.2 Å². The van der Waals surface area contributed by atoms with Gasteiger partial charge in [0.15, 0.2) is 0 Å². The maximum absolute atomic E-state index is 11.4. The van der Waals surface area contributed by atoms with Crippen molar-refractivity contribution >= 4 is 11.8 Å². The average Bonchev–Trinajstić information content (AvgIpc) is 2.14. The van der Waals surface area contributed by atoms with E-state index in [1.54, 1.807) is 13.8 Å². The minimum atomic E-state index is -0.511. The second kappa shape index (κ2) is 7.27. The van der Waals surface area contributed by atoms with Crippen LogP contribution in [0.2, 0.25) is 0 Å². The molecule has 0 radical (unpaired) electrons. The third kappa shape index (κ3) is 9.81. The van der Waals surface area contributed by atoms with E-state index in [1.807, 2.05) is 13.8 Å². The number of nitrogens with one attached hydrogen (secondary N) is 2. The molecule has 5 nitrogen and oxygen atoms in total. The maximum Gasteiger partial charge on any atom is 0.221 e. The summed E-state index contributed by atoms with van der Waals surface area (Å²) in [6, 6.07) is 0.182. The van der Waals surface area contributed by atoms with E-state index in [-0.39, 0.29) is 24.3 Å². The molecule has 1 unspecified atom stereocenters. The van der Waals surface area contributed by atoms with Gasteiger partial charge in [0.25, 0.3) is 0 Å². The third-order valence-electron chi connectivity index (χ3n) is 2.31. The molecule has 0 spiro atoms. The van der Waals surface area contributed by atoms with E-state index in [0.29, 0.717) is 13.0 Å². The molecule has 0 saturated heterocycles. The van der Waals surface area contributed by atoms with Crippen LogP contribution in [0.25, 0.3) is 0 Å². The van der Waals surface area contributed by atoms with E-state index in [4.69, 9.17) is 5.73 Å². The van der Waals surface area contributed by atoms with Gasteiger partial charge in [-0.2, -0.15) is 0 Å². The fourth-order valence-electron chi connectivity index (χ4n) is 1.24. The standard InChI is InChI=1S/C12H25N3O2/c1-5-9(2)15-10(16)6-7-14-11(17)8-12(3,4)13/h9H,5-8,13H2,1-4H3,(H,14,17)(H,15,16). The van der Waals surface area contributed by atoms with Crippen LogP contribution in [-0.2, 0) is 9.59 Å². The molecule has 100 valence electrons. The summed E-state index contributed by atoms with van der Waals surface area (Å²) in [7, 11) is 0. The van der Waals surface area contributed by atoms with Crippen molar-refractivity contribution in [3.05, 3.63) is 0 Å². The van der Waals surface area contributed by atoms with Crippen molar-refractivity contribution in [2.24, 2.45) is 5.73 Å². The van der Waals surface area contributed by atoms with Crippen LogP contribution < -0.4 is 16.4 Å². The van der Waals surface area contributed by atoms with Gasteiger partial charge in [-0.15, -0.1) is 0 Å².